The molecule has 2 aromatic heterocycles. The average molecular weight is 286 g/mol. The minimum atomic E-state index is 0.00696. The zero-order chi connectivity index (χ0) is 14.7. The van der Waals surface area contributed by atoms with Crippen molar-refractivity contribution in [3.63, 3.8) is 0 Å². The van der Waals surface area contributed by atoms with Gasteiger partial charge in [0.2, 0.25) is 0 Å². The molecule has 3 heterocycles. The van der Waals surface area contributed by atoms with E-state index in [1.165, 1.54) is 0 Å². The van der Waals surface area contributed by atoms with Gasteiger partial charge in [0.25, 0.3) is 5.91 Å². The van der Waals surface area contributed by atoms with Crippen molar-refractivity contribution in [2.24, 2.45) is 0 Å². The molecule has 0 radical (unpaired) electrons. The number of carbonyl (C=O) groups is 1. The predicted molar refractivity (Wildman–Crippen MR) is 77.3 cm³/mol. The van der Waals surface area contributed by atoms with Crippen molar-refractivity contribution < 1.29 is 9.53 Å². The molecule has 1 aliphatic heterocycles. The number of pyridine rings is 1. The number of hydrogen-bond acceptors (Lipinski definition) is 4. The van der Waals surface area contributed by atoms with Crippen LogP contribution < -0.4 is 0 Å². The maximum absolute atomic E-state index is 12.6. The Morgan fingerprint density at radius 3 is 3.00 bits per heavy atom. The number of nitrogens with zero attached hydrogens (tertiary/aromatic N) is 4. The van der Waals surface area contributed by atoms with Gasteiger partial charge in [-0.05, 0) is 31.5 Å². The van der Waals surface area contributed by atoms with Crippen molar-refractivity contribution in [3.05, 3.63) is 42.4 Å². The van der Waals surface area contributed by atoms with E-state index in [0.29, 0.717) is 31.1 Å². The van der Waals surface area contributed by atoms with E-state index in [1.54, 1.807) is 29.2 Å². The van der Waals surface area contributed by atoms with Crippen LogP contribution in [-0.2, 0) is 4.74 Å². The van der Waals surface area contributed by atoms with Crippen molar-refractivity contribution in [1.82, 2.24) is 19.7 Å². The summed E-state index contributed by atoms with van der Waals surface area (Å²) < 4.78 is 7.09. The number of carbonyl (C=O) groups excluding carboxylic acids is 1. The summed E-state index contributed by atoms with van der Waals surface area (Å²) in [5, 5.41) is 4.12. The highest BCUT2D eigenvalue weighted by molar-refractivity contribution is 5.94. The Bertz CT molecular complexity index is 595. The summed E-state index contributed by atoms with van der Waals surface area (Å²) in [7, 11) is 0. The topological polar surface area (TPSA) is 60.2 Å². The molecule has 21 heavy (non-hydrogen) atoms. The lowest BCUT2D eigenvalue weighted by molar-refractivity contribution is 0.0687. The van der Waals surface area contributed by atoms with Crippen LogP contribution in [0.15, 0.2) is 36.8 Å². The van der Waals surface area contributed by atoms with E-state index in [4.69, 9.17) is 4.74 Å². The number of aromatic nitrogens is 3. The largest absolute Gasteiger partial charge is 0.380 e. The third kappa shape index (κ3) is 2.95. The van der Waals surface area contributed by atoms with Crippen molar-refractivity contribution in [1.29, 1.82) is 0 Å². The minimum Gasteiger partial charge on any atom is -0.380 e. The van der Waals surface area contributed by atoms with Gasteiger partial charge in [0.05, 0.1) is 12.2 Å². The Morgan fingerprint density at radius 2 is 2.29 bits per heavy atom. The van der Waals surface area contributed by atoms with Crippen LogP contribution in [-0.4, -0.2) is 51.4 Å². The maximum atomic E-state index is 12.6. The van der Waals surface area contributed by atoms with Crippen molar-refractivity contribution >= 4 is 5.91 Å². The molecule has 2 aromatic rings. The van der Waals surface area contributed by atoms with Crippen molar-refractivity contribution in [3.8, 4) is 5.82 Å². The van der Waals surface area contributed by atoms with Crippen LogP contribution in [0.5, 0.6) is 0 Å². The molecule has 1 amide bonds. The molecule has 1 unspecified atom stereocenters. The summed E-state index contributed by atoms with van der Waals surface area (Å²) in [4.78, 5) is 18.7. The summed E-state index contributed by atoms with van der Waals surface area (Å²) in [5.41, 5.74) is 0.597. The van der Waals surface area contributed by atoms with Crippen LogP contribution in [0.25, 0.3) is 5.82 Å². The van der Waals surface area contributed by atoms with E-state index >= 15 is 0 Å². The second-order valence-electron chi connectivity index (χ2n) is 5.10. The van der Waals surface area contributed by atoms with Gasteiger partial charge in [-0.2, -0.15) is 5.10 Å². The monoisotopic (exact) mass is 286 g/mol. The lowest BCUT2D eigenvalue weighted by atomic mass is 10.1. The van der Waals surface area contributed by atoms with Crippen LogP contribution in [0.1, 0.15) is 23.7 Å². The SMILES string of the molecule is CC1CCOCCN1C(=O)c1ccc(-n2cccn2)nc1. The Balaban J connectivity index is 1.78. The Labute approximate surface area is 123 Å². The van der Waals surface area contributed by atoms with Crippen LogP contribution in [0.2, 0.25) is 0 Å². The molecule has 0 aliphatic carbocycles. The first kappa shape index (κ1) is 13.8. The van der Waals surface area contributed by atoms with Gasteiger partial charge < -0.3 is 9.64 Å². The molecule has 1 aliphatic rings. The smallest absolute Gasteiger partial charge is 0.255 e. The van der Waals surface area contributed by atoms with Gasteiger partial charge in [-0.3, -0.25) is 4.79 Å². The summed E-state index contributed by atoms with van der Waals surface area (Å²) >= 11 is 0. The zero-order valence-electron chi connectivity index (χ0n) is 12.0. The fourth-order valence-corrected chi connectivity index (χ4v) is 2.42. The van der Waals surface area contributed by atoms with Crippen LogP contribution in [0, 0.1) is 0 Å². The number of ether oxygens (including phenoxy) is 1. The van der Waals surface area contributed by atoms with Gasteiger partial charge in [-0.1, -0.05) is 0 Å². The molecule has 1 saturated heterocycles. The minimum absolute atomic E-state index is 0.00696. The van der Waals surface area contributed by atoms with Gasteiger partial charge in [0.1, 0.15) is 0 Å². The highest BCUT2D eigenvalue weighted by Crippen LogP contribution is 2.14. The molecular weight excluding hydrogens is 268 g/mol. The van der Waals surface area contributed by atoms with E-state index < -0.39 is 0 Å². The van der Waals surface area contributed by atoms with Crippen molar-refractivity contribution in [2.75, 3.05) is 19.8 Å². The van der Waals surface area contributed by atoms with Gasteiger partial charge in [-0.15, -0.1) is 0 Å². The Morgan fingerprint density at radius 1 is 1.38 bits per heavy atom. The number of hydrogen-bond donors (Lipinski definition) is 0. The lowest BCUT2D eigenvalue weighted by Gasteiger charge is -2.26. The second-order valence-corrected chi connectivity index (χ2v) is 5.10. The molecule has 0 spiro atoms. The zero-order valence-corrected chi connectivity index (χ0v) is 12.0. The molecule has 0 saturated carbocycles. The molecule has 1 atom stereocenters. The van der Waals surface area contributed by atoms with E-state index in [1.807, 2.05) is 17.2 Å². The quantitative estimate of drug-likeness (QED) is 0.840. The van der Waals surface area contributed by atoms with E-state index in [9.17, 15) is 4.79 Å². The van der Waals surface area contributed by atoms with Crippen molar-refractivity contribution in [2.45, 2.75) is 19.4 Å². The summed E-state index contributed by atoms with van der Waals surface area (Å²) in [5.74, 6) is 0.705. The molecule has 0 bridgehead atoms. The van der Waals surface area contributed by atoms with Crippen LogP contribution in [0.3, 0.4) is 0 Å². The number of rotatable bonds is 2. The summed E-state index contributed by atoms with van der Waals surface area (Å²) in [6.07, 6.45) is 5.99. The maximum Gasteiger partial charge on any atom is 0.255 e. The molecule has 6 heteroatoms. The lowest BCUT2D eigenvalue weighted by Crippen LogP contribution is -2.39. The second kappa shape index (κ2) is 6.05. The summed E-state index contributed by atoms with van der Waals surface area (Å²) in [6.45, 7) is 3.98. The standard InChI is InChI=1S/C15H18N4O2/c1-12-5-9-21-10-8-18(12)15(20)13-3-4-14(16-11-13)19-7-2-6-17-19/h2-4,6-7,11-12H,5,8-10H2,1H3. The predicted octanol–water partition coefficient (Wildman–Crippen LogP) is 1.52. The third-order valence-corrected chi connectivity index (χ3v) is 3.68. The molecular formula is C15H18N4O2. The first-order valence-corrected chi connectivity index (χ1v) is 7.10. The van der Waals surface area contributed by atoms with Crippen LogP contribution in [0.4, 0.5) is 0 Å². The third-order valence-electron chi connectivity index (χ3n) is 3.68. The number of amides is 1. The first-order chi connectivity index (χ1) is 10.3. The van der Waals surface area contributed by atoms with Gasteiger partial charge in [0.15, 0.2) is 5.82 Å². The van der Waals surface area contributed by atoms with Gasteiger partial charge in [0, 0.05) is 37.8 Å². The van der Waals surface area contributed by atoms with E-state index in [0.717, 1.165) is 6.42 Å². The normalized spacial score (nSPS) is 19.3. The van der Waals surface area contributed by atoms with Crippen LogP contribution >= 0.6 is 0 Å². The average Bonchev–Trinajstić information content (AvgIpc) is 2.96. The molecule has 0 N–H and O–H groups in total. The van der Waals surface area contributed by atoms with Gasteiger partial charge in [-0.25, -0.2) is 9.67 Å². The fraction of sp³-hybridized carbons (Fsp3) is 0.400. The Hall–Kier alpha value is -2.21. The first-order valence-electron chi connectivity index (χ1n) is 7.10. The highest BCUT2D eigenvalue weighted by Gasteiger charge is 2.23. The molecule has 0 aromatic carbocycles. The molecule has 1 fully saturated rings. The fourth-order valence-electron chi connectivity index (χ4n) is 2.42. The highest BCUT2D eigenvalue weighted by atomic mass is 16.5. The van der Waals surface area contributed by atoms with E-state index in [-0.39, 0.29) is 11.9 Å². The molecule has 110 valence electrons. The molecule has 3 rings (SSSR count). The Kier molecular flexibility index (Phi) is 3.96. The van der Waals surface area contributed by atoms with Gasteiger partial charge >= 0.3 is 0 Å². The molecule has 6 nitrogen and oxygen atoms in total. The van der Waals surface area contributed by atoms with E-state index in [2.05, 4.69) is 17.0 Å². The summed E-state index contributed by atoms with van der Waals surface area (Å²) in [6, 6.07) is 5.62.